The fourth-order valence-corrected chi connectivity index (χ4v) is 2.08. The van der Waals surface area contributed by atoms with Gasteiger partial charge in [-0.25, -0.2) is 9.98 Å². The van der Waals surface area contributed by atoms with Gasteiger partial charge in [0.25, 0.3) is 0 Å². The van der Waals surface area contributed by atoms with Gasteiger partial charge in [0.2, 0.25) is 5.88 Å². The molecule has 1 aliphatic rings. The van der Waals surface area contributed by atoms with E-state index in [1.807, 2.05) is 43.3 Å². The van der Waals surface area contributed by atoms with Crippen molar-refractivity contribution in [3.8, 4) is 5.88 Å². The Bertz CT molecular complexity index is 660. The summed E-state index contributed by atoms with van der Waals surface area (Å²) in [6, 6.07) is 11.9. The molecule has 0 saturated heterocycles. The fraction of sp³-hybridized carbons (Fsp3) is 0.333. The summed E-state index contributed by atoms with van der Waals surface area (Å²) in [4.78, 5) is 8.63. The van der Waals surface area contributed by atoms with Crippen LogP contribution in [0.15, 0.2) is 47.6 Å². The number of nitrogens with one attached hydrogen (secondary N) is 1. The Balaban J connectivity index is 1.50. The van der Waals surface area contributed by atoms with E-state index in [1.54, 1.807) is 6.20 Å². The summed E-state index contributed by atoms with van der Waals surface area (Å²) in [6.07, 6.45) is 4.34. The van der Waals surface area contributed by atoms with E-state index in [1.165, 1.54) is 18.4 Å². The van der Waals surface area contributed by atoms with Gasteiger partial charge in [0.15, 0.2) is 5.96 Å². The maximum atomic E-state index is 5.90. The van der Waals surface area contributed by atoms with E-state index in [0.717, 1.165) is 23.8 Å². The Hall–Kier alpha value is -2.56. The highest BCUT2D eigenvalue weighted by atomic mass is 16.5. The van der Waals surface area contributed by atoms with Crippen molar-refractivity contribution >= 4 is 11.6 Å². The third-order valence-corrected chi connectivity index (χ3v) is 3.72. The predicted molar refractivity (Wildman–Crippen MR) is 92.6 cm³/mol. The van der Waals surface area contributed by atoms with Crippen LogP contribution in [0.2, 0.25) is 0 Å². The molecular formula is C18H22N4O. The zero-order valence-electron chi connectivity index (χ0n) is 13.3. The number of rotatable bonds is 6. The maximum Gasteiger partial charge on any atom is 0.213 e. The standard InChI is InChI=1S/C18H22N4O/c1-13-2-7-16(8-3-13)22-18(19)21-11-15-6-9-17(20-10-15)23-12-14-4-5-14/h2-3,6-10,14H,4-5,11-12H2,1H3,(H3,19,21,22). The number of guanidine groups is 1. The van der Waals surface area contributed by atoms with Crippen LogP contribution < -0.4 is 15.8 Å². The van der Waals surface area contributed by atoms with Crippen LogP contribution in [0.3, 0.4) is 0 Å². The number of anilines is 1. The lowest BCUT2D eigenvalue weighted by atomic mass is 10.2. The van der Waals surface area contributed by atoms with E-state index in [2.05, 4.69) is 15.3 Å². The third kappa shape index (κ3) is 4.98. The minimum Gasteiger partial charge on any atom is -0.477 e. The minimum atomic E-state index is 0.392. The van der Waals surface area contributed by atoms with E-state index in [0.29, 0.717) is 18.4 Å². The van der Waals surface area contributed by atoms with E-state index in [9.17, 15) is 0 Å². The number of nitrogens with zero attached hydrogens (tertiary/aromatic N) is 2. The second-order valence-electron chi connectivity index (χ2n) is 5.95. The molecule has 5 nitrogen and oxygen atoms in total. The highest BCUT2D eigenvalue weighted by Gasteiger charge is 2.21. The molecule has 0 bridgehead atoms. The highest BCUT2D eigenvalue weighted by Crippen LogP contribution is 2.29. The molecule has 1 aromatic carbocycles. The highest BCUT2D eigenvalue weighted by molar-refractivity contribution is 5.92. The second-order valence-corrected chi connectivity index (χ2v) is 5.95. The number of aliphatic imine (C=N–C) groups is 1. The van der Waals surface area contributed by atoms with Gasteiger partial charge in [0.1, 0.15) is 0 Å². The third-order valence-electron chi connectivity index (χ3n) is 3.72. The maximum absolute atomic E-state index is 5.90. The Morgan fingerprint density at radius 3 is 2.70 bits per heavy atom. The summed E-state index contributed by atoms with van der Waals surface area (Å²) >= 11 is 0. The first-order chi connectivity index (χ1) is 11.2. The number of hydrogen-bond donors (Lipinski definition) is 2. The lowest BCUT2D eigenvalue weighted by Gasteiger charge is -2.06. The van der Waals surface area contributed by atoms with Crippen molar-refractivity contribution in [2.75, 3.05) is 11.9 Å². The van der Waals surface area contributed by atoms with Gasteiger partial charge in [-0.2, -0.15) is 0 Å². The molecule has 3 rings (SSSR count). The molecule has 1 aliphatic carbocycles. The van der Waals surface area contributed by atoms with Crippen molar-refractivity contribution in [3.63, 3.8) is 0 Å². The molecule has 0 unspecified atom stereocenters. The molecule has 1 heterocycles. The van der Waals surface area contributed by atoms with Crippen LogP contribution >= 0.6 is 0 Å². The molecule has 3 N–H and O–H groups in total. The van der Waals surface area contributed by atoms with Crippen LogP contribution in [-0.4, -0.2) is 17.6 Å². The molecule has 1 fully saturated rings. The molecule has 5 heteroatoms. The molecule has 0 amide bonds. The van der Waals surface area contributed by atoms with Gasteiger partial charge in [-0.15, -0.1) is 0 Å². The summed E-state index contributed by atoms with van der Waals surface area (Å²) in [6.45, 7) is 3.31. The Morgan fingerprint density at radius 1 is 1.26 bits per heavy atom. The summed E-state index contributed by atoms with van der Waals surface area (Å²) < 4.78 is 5.62. The summed E-state index contributed by atoms with van der Waals surface area (Å²) in [7, 11) is 0. The minimum absolute atomic E-state index is 0.392. The van der Waals surface area contributed by atoms with Crippen LogP contribution in [-0.2, 0) is 6.54 Å². The Labute approximate surface area is 136 Å². The molecule has 1 saturated carbocycles. The first-order valence-corrected chi connectivity index (χ1v) is 7.90. The fourth-order valence-electron chi connectivity index (χ4n) is 2.08. The van der Waals surface area contributed by atoms with E-state index in [4.69, 9.17) is 10.5 Å². The Morgan fingerprint density at radius 2 is 2.04 bits per heavy atom. The van der Waals surface area contributed by atoms with E-state index < -0.39 is 0 Å². The van der Waals surface area contributed by atoms with Gasteiger partial charge >= 0.3 is 0 Å². The second kappa shape index (κ2) is 7.13. The van der Waals surface area contributed by atoms with Gasteiger partial charge in [-0.3, -0.25) is 0 Å². The average Bonchev–Trinajstić information content (AvgIpc) is 3.38. The number of benzene rings is 1. The van der Waals surface area contributed by atoms with Gasteiger partial charge in [0.05, 0.1) is 13.2 Å². The van der Waals surface area contributed by atoms with Crippen molar-refractivity contribution in [1.29, 1.82) is 0 Å². The molecule has 0 spiro atoms. The molecule has 23 heavy (non-hydrogen) atoms. The molecule has 120 valence electrons. The first-order valence-electron chi connectivity index (χ1n) is 7.90. The molecule has 0 aliphatic heterocycles. The van der Waals surface area contributed by atoms with Crippen LogP contribution in [0.1, 0.15) is 24.0 Å². The summed E-state index contributed by atoms with van der Waals surface area (Å²) in [5, 5.41) is 3.07. The van der Waals surface area contributed by atoms with Crippen molar-refractivity contribution in [1.82, 2.24) is 4.98 Å². The first kappa shape index (κ1) is 15.3. The van der Waals surface area contributed by atoms with Crippen LogP contribution in [0.5, 0.6) is 5.88 Å². The van der Waals surface area contributed by atoms with Gasteiger partial charge < -0.3 is 15.8 Å². The molecule has 2 aromatic rings. The van der Waals surface area contributed by atoms with E-state index in [-0.39, 0.29) is 0 Å². The van der Waals surface area contributed by atoms with Crippen molar-refractivity contribution in [3.05, 3.63) is 53.7 Å². The van der Waals surface area contributed by atoms with Crippen LogP contribution in [0, 0.1) is 12.8 Å². The average molecular weight is 310 g/mol. The van der Waals surface area contributed by atoms with Crippen LogP contribution in [0.4, 0.5) is 5.69 Å². The zero-order valence-corrected chi connectivity index (χ0v) is 13.3. The van der Waals surface area contributed by atoms with Gasteiger partial charge in [-0.1, -0.05) is 23.8 Å². The van der Waals surface area contributed by atoms with Gasteiger partial charge in [-0.05, 0) is 43.4 Å². The smallest absolute Gasteiger partial charge is 0.213 e. The quantitative estimate of drug-likeness (QED) is 0.635. The number of ether oxygens (including phenoxy) is 1. The Kier molecular flexibility index (Phi) is 4.76. The van der Waals surface area contributed by atoms with Gasteiger partial charge in [0, 0.05) is 18.0 Å². The summed E-state index contributed by atoms with van der Waals surface area (Å²) in [5.41, 5.74) is 9.04. The zero-order chi connectivity index (χ0) is 16.1. The number of nitrogens with two attached hydrogens (primary N) is 1. The van der Waals surface area contributed by atoms with E-state index >= 15 is 0 Å². The molecule has 0 radical (unpaired) electrons. The van der Waals surface area contributed by atoms with Crippen LogP contribution in [0.25, 0.3) is 0 Å². The SMILES string of the molecule is Cc1ccc(NC(N)=NCc2ccc(OCC3CC3)nc2)cc1. The molecule has 0 atom stereocenters. The summed E-state index contributed by atoms with van der Waals surface area (Å²) in [5.74, 6) is 1.80. The number of aromatic nitrogens is 1. The topological polar surface area (TPSA) is 72.5 Å². The largest absolute Gasteiger partial charge is 0.477 e. The lowest BCUT2D eigenvalue weighted by Crippen LogP contribution is -2.22. The lowest BCUT2D eigenvalue weighted by molar-refractivity contribution is 0.288. The van der Waals surface area contributed by atoms with Crippen molar-refractivity contribution in [2.45, 2.75) is 26.3 Å². The number of pyridine rings is 1. The monoisotopic (exact) mass is 310 g/mol. The predicted octanol–water partition coefficient (Wildman–Crippen LogP) is 3.11. The molecule has 1 aromatic heterocycles. The number of aryl methyl sites for hydroxylation is 1. The van der Waals surface area contributed by atoms with Crippen molar-refractivity contribution < 1.29 is 4.74 Å². The normalized spacial score (nSPS) is 14.6. The number of hydrogen-bond acceptors (Lipinski definition) is 3. The molecular weight excluding hydrogens is 288 g/mol. The van der Waals surface area contributed by atoms with Crippen molar-refractivity contribution in [2.24, 2.45) is 16.6 Å².